The summed E-state index contributed by atoms with van der Waals surface area (Å²) in [6.45, 7) is 6.51. The van der Waals surface area contributed by atoms with Crippen molar-refractivity contribution in [2.75, 3.05) is 5.73 Å². The Kier molecular flexibility index (Phi) is 4.36. The van der Waals surface area contributed by atoms with E-state index in [0.717, 1.165) is 18.4 Å². The number of hydrogen-bond donors (Lipinski definition) is 2. The highest BCUT2D eigenvalue weighted by atomic mass is 16.1. The number of hydrogen-bond acceptors (Lipinski definition) is 2. The van der Waals surface area contributed by atoms with Crippen molar-refractivity contribution >= 4 is 11.6 Å². The zero-order valence-electron chi connectivity index (χ0n) is 12.8. The van der Waals surface area contributed by atoms with Crippen LogP contribution in [0.4, 0.5) is 5.69 Å². The van der Waals surface area contributed by atoms with Crippen molar-refractivity contribution in [3.05, 3.63) is 29.8 Å². The van der Waals surface area contributed by atoms with Crippen LogP contribution in [0.5, 0.6) is 0 Å². The van der Waals surface area contributed by atoms with Crippen molar-refractivity contribution in [1.82, 2.24) is 5.32 Å². The summed E-state index contributed by atoms with van der Waals surface area (Å²) < 4.78 is 0. The van der Waals surface area contributed by atoms with Crippen molar-refractivity contribution in [2.45, 2.75) is 58.4 Å². The molecule has 0 aromatic heterocycles. The minimum atomic E-state index is -0.150. The Balaban J connectivity index is 1.97. The summed E-state index contributed by atoms with van der Waals surface area (Å²) in [4.78, 5) is 12.4. The number of amides is 1. The second-order valence-corrected chi connectivity index (χ2v) is 6.86. The molecule has 3 N–H and O–H groups in total. The Labute approximate surface area is 121 Å². The third-order valence-electron chi connectivity index (χ3n) is 4.36. The predicted octanol–water partition coefficient (Wildman–Crippen LogP) is 3.46. The molecule has 0 heterocycles. The summed E-state index contributed by atoms with van der Waals surface area (Å²) in [7, 11) is 0. The van der Waals surface area contributed by atoms with E-state index >= 15 is 0 Å². The lowest BCUT2D eigenvalue weighted by Crippen LogP contribution is -2.42. The first kappa shape index (κ1) is 14.9. The second-order valence-electron chi connectivity index (χ2n) is 6.86. The number of nitrogens with two attached hydrogens (primary N) is 1. The molecule has 3 nitrogen and oxygen atoms in total. The summed E-state index contributed by atoms with van der Waals surface area (Å²) in [5.74, 6) is -0.0400. The average Bonchev–Trinajstić information content (AvgIpc) is 2.36. The maximum absolute atomic E-state index is 12.4. The monoisotopic (exact) mass is 274 g/mol. The zero-order chi connectivity index (χ0) is 14.8. The van der Waals surface area contributed by atoms with Crippen LogP contribution >= 0.6 is 0 Å². The van der Waals surface area contributed by atoms with Gasteiger partial charge in [-0.3, -0.25) is 4.79 Å². The van der Waals surface area contributed by atoms with Gasteiger partial charge in [-0.05, 0) is 49.3 Å². The van der Waals surface area contributed by atoms with Crippen LogP contribution in [0.25, 0.3) is 0 Å². The van der Waals surface area contributed by atoms with Gasteiger partial charge in [-0.25, -0.2) is 0 Å². The lowest BCUT2D eigenvalue weighted by Gasteiger charge is -2.36. The molecule has 2 atom stereocenters. The Hall–Kier alpha value is -1.51. The molecule has 1 aromatic rings. The smallest absolute Gasteiger partial charge is 0.227 e. The fourth-order valence-corrected chi connectivity index (χ4v) is 3.13. The molecule has 1 aromatic carbocycles. The van der Waals surface area contributed by atoms with Gasteiger partial charge in [-0.15, -0.1) is 0 Å². The molecule has 1 amide bonds. The molecule has 3 heteroatoms. The molecule has 0 bridgehead atoms. The number of nitrogens with one attached hydrogen (secondary N) is 1. The molecular formula is C17H26N2O. The maximum Gasteiger partial charge on any atom is 0.227 e. The van der Waals surface area contributed by atoms with E-state index in [1.165, 1.54) is 12.8 Å². The molecule has 0 aliphatic heterocycles. The molecule has 0 saturated heterocycles. The van der Waals surface area contributed by atoms with E-state index in [1.807, 2.05) is 31.2 Å². The number of rotatable bonds is 3. The van der Waals surface area contributed by atoms with Crippen LogP contribution in [-0.4, -0.2) is 11.9 Å². The van der Waals surface area contributed by atoms with E-state index in [2.05, 4.69) is 19.2 Å². The third-order valence-corrected chi connectivity index (χ3v) is 4.36. The van der Waals surface area contributed by atoms with E-state index in [0.29, 0.717) is 17.1 Å². The first-order valence-corrected chi connectivity index (χ1v) is 7.53. The number of nitrogen functional groups attached to an aromatic ring is 1. The van der Waals surface area contributed by atoms with Gasteiger partial charge < -0.3 is 11.1 Å². The van der Waals surface area contributed by atoms with Crippen LogP contribution in [0, 0.1) is 5.41 Å². The van der Waals surface area contributed by atoms with E-state index in [-0.39, 0.29) is 11.8 Å². The average molecular weight is 274 g/mol. The largest absolute Gasteiger partial charge is 0.399 e. The van der Waals surface area contributed by atoms with Crippen LogP contribution in [0.15, 0.2) is 24.3 Å². The Bertz CT molecular complexity index is 482. The Morgan fingerprint density at radius 1 is 1.45 bits per heavy atom. The molecular weight excluding hydrogens is 248 g/mol. The van der Waals surface area contributed by atoms with Gasteiger partial charge in [0.1, 0.15) is 0 Å². The van der Waals surface area contributed by atoms with Crippen molar-refractivity contribution in [3.8, 4) is 0 Å². The van der Waals surface area contributed by atoms with E-state index < -0.39 is 0 Å². The van der Waals surface area contributed by atoms with Crippen molar-refractivity contribution < 1.29 is 4.79 Å². The van der Waals surface area contributed by atoms with Crippen molar-refractivity contribution in [1.29, 1.82) is 0 Å². The predicted molar refractivity (Wildman–Crippen MR) is 83.4 cm³/mol. The molecule has 20 heavy (non-hydrogen) atoms. The summed E-state index contributed by atoms with van der Waals surface area (Å²) in [6.07, 6.45) is 4.62. The topological polar surface area (TPSA) is 55.1 Å². The lowest BCUT2D eigenvalue weighted by atomic mass is 9.75. The molecule has 0 spiro atoms. The van der Waals surface area contributed by atoms with Gasteiger partial charge in [0, 0.05) is 11.7 Å². The van der Waals surface area contributed by atoms with Crippen LogP contribution in [0.1, 0.15) is 57.9 Å². The van der Waals surface area contributed by atoms with Gasteiger partial charge in [-0.2, -0.15) is 0 Å². The summed E-state index contributed by atoms with van der Waals surface area (Å²) in [5, 5.41) is 3.21. The maximum atomic E-state index is 12.4. The summed E-state index contributed by atoms with van der Waals surface area (Å²) in [6, 6.07) is 7.91. The van der Waals surface area contributed by atoms with Crippen LogP contribution in [-0.2, 0) is 4.79 Å². The minimum Gasteiger partial charge on any atom is -0.399 e. The van der Waals surface area contributed by atoms with E-state index in [9.17, 15) is 4.79 Å². The van der Waals surface area contributed by atoms with Crippen LogP contribution < -0.4 is 11.1 Å². The number of carbonyl (C=O) groups excluding carboxylic acids is 1. The molecule has 1 aliphatic rings. The van der Waals surface area contributed by atoms with E-state index in [4.69, 9.17) is 5.73 Å². The van der Waals surface area contributed by atoms with Crippen LogP contribution in [0.3, 0.4) is 0 Å². The lowest BCUT2D eigenvalue weighted by molar-refractivity contribution is -0.123. The van der Waals surface area contributed by atoms with Crippen LogP contribution in [0.2, 0.25) is 0 Å². The zero-order valence-corrected chi connectivity index (χ0v) is 12.8. The number of benzene rings is 1. The summed E-state index contributed by atoms with van der Waals surface area (Å²) >= 11 is 0. The van der Waals surface area contributed by atoms with Gasteiger partial charge in [-0.1, -0.05) is 32.4 Å². The van der Waals surface area contributed by atoms with Gasteiger partial charge >= 0.3 is 0 Å². The highest BCUT2D eigenvalue weighted by Gasteiger charge is 2.29. The van der Waals surface area contributed by atoms with Gasteiger partial charge in [0.2, 0.25) is 5.91 Å². The number of anilines is 1. The summed E-state index contributed by atoms with van der Waals surface area (Å²) in [5.41, 5.74) is 7.82. The first-order valence-electron chi connectivity index (χ1n) is 7.53. The molecule has 2 rings (SSSR count). The van der Waals surface area contributed by atoms with Gasteiger partial charge in [0.05, 0.1) is 5.92 Å². The SMILES string of the molecule is CC(C(=O)NC1CCCC(C)(C)C1)c1cccc(N)c1. The molecule has 110 valence electrons. The highest BCUT2D eigenvalue weighted by molar-refractivity contribution is 5.83. The standard InChI is InChI=1S/C17H26N2O/c1-12(13-6-4-7-14(18)10-13)16(20)19-15-8-5-9-17(2,3)11-15/h4,6-7,10,12,15H,5,8-9,11,18H2,1-3H3,(H,19,20). The Morgan fingerprint density at radius 2 is 2.20 bits per heavy atom. The molecule has 2 unspecified atom stereocenters. The van der Waals surface area contributed by atoms with Crippen molar-refractivity contribution in [2.24, 2.45) is 5.41 Å². The number of carbonyl (C=O) groups is 1. The Morgan fingerprint density at radius 3 is 2.85 bits per heavy atom. The van der Waals surface area contributed by atoms with Crippen molar-refractivity contribution in [3.63, 3.8) is 0 Å². The third kappa shape index (κ3) is 3.75. The molecule has 1 saturated carbocycles. The van der Waals surface area contributed by atoms with Gasteiger partial charge in [0.25, 0.3) is 0 Å². The van der Waals surface area contributed by atoms with E-state index in [1.54, 1.807) is 0 Å². The highest BCUT2D eigenvalue weighted by Crippen LogP contribution is 2.35. The molecule has 0 radical (unpaired) electrons. The fraction of sp³-hybridized carbons (Fsp3) is 0.588. The fourth-order valence-electron chi connectivity index (χ4n) is 3.13. The normalized spacial score (nSPS) is 23.1. The molecule has 1 fully saturated rings. The second kappa shape index (κ2) is 5.86. The first-order chi connectivity index (χ1) is 9.37. The molecule has 1 aliphatic carbocycles. The van der Waals surface area contributed by atoms with Gasteiger partial charge in [0.15, 0.2) is 0 Å². The quantitative estimate of drug-likeness (QED) is 0.829. The minimum absolute atomic E-state index is 0.110.